The van der Waals surface area contributed by atoms with Gasteiger partial charge in [0.05, 0.1) is 17.3 Å². The fraction of sp³-hybridized carbons (Fsp3) is 0.250. The molecule has 0 spiro atoms. The first kappa shape index (κ1) is 15.0. The third-order valence-corrected chi connectivity index (χ3v) is 5.16. The first-order valence-electron chi connectivity index (χ1n) is 6.77. The molecule has 0 saturated heterocycles. The van der Waals surface area contributed by atoms with Crippen molar-refractivity contribution < 1.29 is 22.3 Å². The van der Waals surface area contributed by atoms with E-state index in [1.54, 1.807) is 24.3 Å². The lowest BCUT2D eigenvalue weighted by Crippen LogP contribution is -2.15. The molecule has 2 aromatic rings. The minimum absolute atomic E-state index is 0.0379. The van der Waals surface area contributed by atoms with Gasteiger partial charge in [-0.25, -0.2) is 12.8 Å². The van der Waals surface area contributed by atoms with E-state index < -0.39 is 15.7 Å². The third kappa shape index (κ3) is 2.98. The van der Waals surface area contributed by atoms with Crippen molar-refractivity contribution in [2.24, 2.45) is 0 Å². The number of halogens is 1. The lowest BCUT2D eigenvalue weighted by atomic mass is 10.1. The van der Waals surface area contributed by atoms with Gasteiger partial charge in [0.1, 0.15) is 11.6 Å². The van der Waals surface area contributed by atoms with E-state index in [0.29, 0.717) is 16.9 Å². The molecule has 0 saturated carbocycles. The molecule has 0 aliphatic carbocycles. The molecule has 22 heavy (non-hydrogen) atoms. The Bertz CT molecular complexity index is 798. The predicted octanol–water partition coefficient (Wildman–Crippen LogP) is 2.97. The van der Waals surface area contributed by atoms with Crippen molar-refractivity contribution in [3.05, 3.63) is 58.9 Å². The lowest BCUT2D eigenvalue weighted by molar-refractivity contribution is -0.0171. The van der Waals surface area contributed by atoms with Crippen LogP contribution in [0.4, 0.5) is 4.39 Å². The van der Waals surface area contributed by atoms with E-state index in [4.69, 9.17) is 9.47 Å². The Balaban J connectivity index is 1.99. The molecular weight excluding hydrogens is 307 g/mol. The van der Waals surface area contributed by atoms with Crippen LogP contribution in [-0.2, 0) is 26.9 Å². The molecule has 4 nitrogen and oxygen atoms in total. The number of ether oxygens (including phenoxy) is 2. The van der Waals surface area contributed by atoms with E-state index in [2.05, 4.69) is 0 Å². The normalized spacial score (nSPS) is 14.3. The zero-order chi connectivity index (χ0) is 15.7. The molecule has 116 valence electrons. The molecule has 0 atom stereocenters. The number of hydrogen-bond donors (Lipinski definition) is 0. The summed E-state index contributed by atoms with van der Waals surface area (Å²) in [6, 6.07) is 9.09. The van der Waals surface area contributed by atoms with Crippen LogP contribution in [-0.4, -0.2) is 15.2 Å². The van der Waals surface area contributed by atoms with Crippen molar-refractivity contribution >= 4 is 9.84 Å². The molecule has 1 aliphatic rings. The van der Waals surface area contributed by atoms with Crippen molar-refractivity contribution in [1.29, 1.82) is 0 Å². The molecular formula is C16H15FO4S. The standard InChI is InChI=1S/C16H15FO4S/c1-11-2-4-15(5-3-11)22(18,19)9-13-7-14(17)6-12-8-20-10-21-16(12)13/h2-7H,8-10H2,1H3. The van der Waals surface area contributed by atoms with Gasteiger partial charge in [0.2, 0.25) is 0 Å². The van der Waals surface area contributed by atoms with E-state index in [1.165, 1.54) is 12.1 Å². The molecule has 2 aromatic carbocycles. The van der Waals surface area contributed by atoms with Gasteiger partial charge in [0.25, 0.3) is 0 Å². The van der Waals surface area contributed by atoms with Gasteiger partial charge < -0.3 is 9.47 Å². The molecule has 0 fully saturated rings. The Hall–Kier alpha value is -1.92. The van der Waals surface area contributed by atoms with E-state index >= 15 is 0 Å². The number of hydrogen-bond acceptors (Lipinski definition) is 4. The summed E-state index contributed by atoms with van der Waals surface area (Å²) in [5.41, 5.74) is 1.82. The third-order valence-electron chi connectivity index (χ3n) is 3.48. The zero-order valence-corrected chi connectivity index (χ0v) is 12.8. The molecule has 0 aromatic heterocycles. The van der Waals surface area contributed by atoms with Crippen molar-refractivity contribution in [1.82, 2.24) is 0 Å². The van der Waals surface area contributed by atoms with Crippen LogP contribution in [0.3, 0.4) is 0 Å². The van der Waals surface area contributed by atoms with Gasteiger partial charge in [-0.3, -0.25) is 0 Å². The number of rotatable bonds is 3. The average Bonchev–Trinajstić information content (AvgIpc) is 2.47. The molecule has 6 heteroatoms. The van der Waals surface area contributed by atoms with Gasteiger partial charge in [0.15, 0.2) is 16.6 Å². The molecule has 0 amide bonds. The van der Waals surface area contributed by atoms with Crippen LogP contribution in [0.2, 0.25) is 0 Å². The quantitative estimate of drug-likeness (QED) is 0.872. The first-order valence-corrected chi connectivity index (χ1v) is 8.42. The second-order valence-electron chi connectivity index (χ2n) is 5.24. The van der Waals surface area contributed by atoms with Crippen LogP contribution in [0.15, 0.2) is 41.3 Å². The minimum Gasteiger partial charge on any atom is -0.467 e. The van der Waals surface area contributed by atoms with Crippen molar-refractivity contribution in [3.8, 4) is 5.75 Å². The van der Waals surface area contributed by atoms with Crippen LogP contribution in [0.5, 0.6) is 5.75 Å². The molecule has 0 unspecified atom stereocenters. The fourth-order valence-corrected chi connectivity index (χ4v) is 3.74. The van der Waals surface area contributed by atoms with Gasteiger partial charge in [-0.2, -0.15) is 0 Å². The Morgan fingerprint density at radius 1 is 1.18 bits per heavy atom. The lowest BCUT2D eigenvalue weighted by Gasteiger charge is -2.20. The van der Waals surface area contributed by atoms with Crippen molar-refractivity contribution in [3.63, 3.8) is 0 Å². The number of sulfone groups is 1. The summed E-state index contributed by atoms with van der Waals surface area (Å²) >= 11 is 0. The highest BCUT2D eigenvalue weighted by molar-refractivity contribution is 7.90. The van der Waals surface area contributed by atoms with Gasteiger partial charge in [-0.1, -0.05) is 17.7 Å². The van der Waals surface area contributed by atoms with Crippen molar-refractivity contribution in [2.75, 3.05) is 6.79 Å². The maximum atomic E-state index is 13.7. The highest BCUT2D eigenvalue weighted by Crippen LogP contribution is 2.32. The smallest absolute Gasteiger partial charge is 0.189 e. The monoisotopic (exact) mass is 322 g/mol. The average molecular weight is 322 g/mol. The SMILES string of the molecule is Cc1ccc(S(=O)(=O)Cc2cc(F)cc3c2OCOC3)cc1. The Morgan fingerprint density at radius 2 is 1.91 bits per heavy atom. The predicted molar refractivity (Wildman–Crippen MR) is 78.8 cm³/mol. The summed E-state index contributed by atoms with van der Waals surface area (Å²) in [7, 11) is -3.57. The number of fused-ring (bicyclic) bond motifs is 1. The van der Waals surface area contributed by atoms with Crippen LogP contribution in [0.1, 0.15) is 16.7 Å². The molecule has 0 radical (unpaired) electrons. The largest absolute Gasteiger partial charge is 0.467 e. The molecule has 0 bridgehead atoms. The van der Waals surface area contributed by atoms with Crippen molar-refractivity contribution in [2.45, 2.75) is 24.2 Å². The summed E-state index contributed by atoms with van der Waals surface area (Å²) in [4.78, 5) is 0.211. The Kier molecular flexibility index (Phi) is 3.88. The summed E-state index contributed by atoms with van der Waals surface area (Å²) < 4.78 is 49.1. The van der Waals surface area contributed by atoms with E-state index in [1.807, 2.05) is 6.92 Å². The minimum atomic E-state index is -3.57. The molecule has 3 rings (SSSR count). The molecule has 0 N–H and O–H groups in total. The van der Waals surface area contributed by atoms with E-state index in [9.17, 15) is 12.8 Å². The van der Waals surface area contributed by atoms with E-state index in [0.717, 1.165) is 5.56 Å². The highest BCUT2D eigenvalue weighted by atomic mass is 32.2. The first-order chi connectivity index (χ1) is 10.5. The van der Waals surface area contributed by atoms with Crippen LogP contribution >= 0.6 is 0 Å². The summed E-state index contributed by atoms with van der Waals surface area (Å²) in [6.07, 6.45) is 0. The van der Waals surface area contributed by atoms with Gasteiger partial charge >= 0.3 is 0 Å². The Labute approximate surface area is 128 Å². The highest BCUT2D eigenvalue weighted by Gasteiger charge is 2.22. The van der Waals surface area contributed by atoms with Crippen LogP contribution in [0.25, 0.3) is 0 Å². The maximum absolute atomic E-state index is 13.7. The topological polar surface area (TPSA) is 52.6 Å². The number of benzene rings is 2. The Morgan fingerprint density at radius 3 is 2.64 bits per heavy atom. The van der Waals surface area contributed by atoms with Gasteiger partial charge in [-0.05, 0) is 31.2 Å². The van der Waals surface area contributed by atoms with Gasteiger partial charge in [0, 0.05) is 11.1 Å². The fourth-order valence-electron chi connectivity index (χ4n) is 2.40. The van der Waals surface area contributed by atoms with Gasteiger partial charge in [-0.15, -0.1) is 0 Å². The van der Waals surface area contributed by atoms with E-state index in [-0.39, 0.29) is 24.0 Å². The second kappa shape index (κ2) is 5.70. The summed E-state index contributed by atoms with van der Waals surface area (Å²) in [5.74, 6) is -0.402. The molecule has 1 aliphatic heterocycles. The second-order valence-corrected chi connectivity index (χ2v) is 7.23. The van der Waals surface area contributed by atoms with Crippen LogP contribution in [0, 0.1) is 12.7 Å². The maximum Gasteiger partial charge on any atom is 0.189 e. The summed E-state index contributed by atoms with van der Waals surface area (Å²) in [6.45, 7) is 2.13. The molecule has 1 heterocycles. The number of aryl methyl sites for hydroxylation is 1. The summed E-state index contributed by atoms with van der Waals surface area (Å²) in [5, 5.41) is 0. The van der Waals surface area contributed by atoms with Crippen LogP contribution < -0.4 is 4.74 Å². The zero-order valence-electron chi connectivity index (χ0n) is 12.0.